The van der Waals surface area contributed by atoms with Gasteiger partial charge in [-0.3, -0.25) is 15.1 Å². The van der Waals surface area contributed by atoms with Crippen LogP contribution >= 0.6 is 0 Å². The summed E-state index contributed by atoms with van der Waals surface area (Å²) in [4.78, 5) is 15.0. The standard InChI is InChI=1S/C14H17N3O3/c1-15-11(9-20-2)8-10-5-6-13(17(18)19)12-4-3-7-16-14(10)12/h3-7,11,15H,8-9H2,1-2H3. The summed E-state index contributed by atoms with van der Waals surface area (Å²) in [6, 6.07) is 6.90. The van der Waals surface area contributed by atoms with E-state index in [9.17, 15) is 10.1 Å². The Morgan fingerprint density at radius 2 is 2.25 bits per heavy atom. The van der Waals surface area contributed by atoms with E-state index >= 15 is 0 Å². The highest BCUT2D eigenvalue weighted by atomic mass is 16.6. The van der Waals surface area contributed by atoms with Gasteiger partial charge in [-0.05, 0) is 37.2 Å². The lowest BCUT2D eigenvalue weighted by molar-refractivity contribution is -0.383. The first-order valence-electron chi connectivity index (χ1n) is 6.34. The van der Waals surface area contributed by atoms with Crippen LogP contribution in [0.4, 0.5) is 5.69 Å². The summed E-state index contributed by atoms with van der Waals surface area (Å²) in [5.41, 5.74) is 1.74. The number of nitro groups is 1. The van der Waals surface area contributed by atoms with Crippen LogP contribution in [0.15, 0.2) is 30.5 Å². The second kappa shape index (κ2) is 6.40. The lowest BCUT2D eigenvalue weighted by atomic mass is 10.0. The molecule has 0 aliphatic rings. The van der Waals surface area contributed by atoms with E-state index in [0.29, 0.717) is 23.9 Å². The molecular weight excluding hydrogens is 258 g/mol. The Kier molecular flexibility index (Phi) is 4.60. The van der Waals surface area contributed by atoms with Crippen LogP contribution in [0, 0.1) is 10.1 Å². The van der Waals surface area contributed by atoms with E-state index in [1.807, 2.05) is 7.05 Å². The third-order valence-electron chi connectivity index (χ3n) is 3.27. The van der Waals surface area contributed by atoms with Gasteiger partial charge in [0.2, 0.25) is 0 Å². The molecule has 0 bridgehead atoms. The second-order valence-corrected chi connectivity index (χ2v) is 4.55. The first-order chi connectivity index (χ1) is 9.67. The minimum Gasteiger partial charge on any atom is -0.383 e. The largest absolute Gasteiger partial charge is 0.383 e. The van der Waals surface area contributed by atoms with Gasteiger partial charge < -0.3 is 10.1 Å². The molecule has 1 aromatic carbocycles. The van der Waals surface area contributed by atoms with Crippen molar-refractivity contribution in [1.82, 2.24) is 10.3 Å². The molecule has 0 amide bonds. The second-order valence-electron chi connectivity index (χ2n) is 4.55. The number of hydrogen-bond acceptors (Lipinski definition) is 5. The third-order valence-corrected chi connectivity index (χ3v) is 3.27. The minimum atomic E-state index is -0.376. The van der Waals surface area contributed by atoms with Crippen LogP contribution in [0.3, 0.4) is 0 Å². The van der Waals surface area contributed by atoms with Crippen molar-refractivity contribution in [3.05, 3.63) is 46.1 Å². The van der Waals surface area contributed by atoms with Crippen molar-refractivity contribution < 1.29 is 9.66 Å². The number of methoxy groups -OCH3 is 1. The molecule has 0 saturated carbocycles. The Bertz CT molecular complexity index is 616. The van der Waals surface area contributed by atoms with Crippen LogP contribution in [0.2, 0.25) is 0 Å². The highest BCUT2D eigenvalue weighted by molar-refractivity contribution is 5.90. The average molecular weight is 275 g/mol. The molecule has 20 heavy (non-hydrogen) atoms. The Labute approximate surface area is 116 Å². The maximum absolute atomic E-state index is 11.1. The molecule has 6 heteroatoms. The molecule has 2 aromatic rings. The summed E-state index contributed by atoms with van der Waals surface area (Å²) in [6.07, 6.45) is 2.36. The van der Waals surface area contributed by atoms with E-state index in [0.717, 1.165) is 5.56 Å². The molecule has 0 fully saturated rings. The lowest BCUT2D eigenvalue weighted by Gasteiger charge is -2.16. The molecule has 0 aliphatic heterocycles. The topological polar surface area (TPSA) is 77.3 Å². The Morgan fingerprint density at radius 1 is 1.45 bits per heavy atom. The van der Waals surface area contributed by atoms with E-state index in [1.165, 1.54) is 0 Å². The Hall–Kier alpha value is -2.05. The zero-order valence-corrected chi connectivity index (χ0v) is 11.5. The first kappa shape index (κ1) is 14.4. The summed E-state index contributed by atoms with van der Waals surface area (Å²) in [7, 11) is 3.52. The highest BCUT2D eigenvalue weighted by Crippen LogP contribution is 2.27. The van der Waals surface area contributed by atoms with E-state index in [1.54, 1.807) is 37.6 Å². The van der Waals surface area contributed by atoms with Crippen molar-refractivity contribution in [2.45, 2.75) is 12.5 Å². The number of hydrogen-bond donors (Lipinski definition) is 1. The zero-order chi connectivity index (χ0) is 14.5. The molecule has 106 valence electrons. The number of rotatable bonds is 6. The number of nitrogens with zero attached hydrogens (tertiary/aromatic N) is 2. The molecule has 0 saturated heterocycles. The molecule has 1 unspecified atom stereocenters. The number of non-ortho nitro benzene ring substituents is 1. The van der Waals surface area contributed by atoms with Gasteiger partial charge in [-0.2, -0.15) is 0 Å². The van der Waals surface area contributed by atoms with Gasteiger partial charge in [-0.15, -0.1) is 0 Å². The summed E-state index contributed by atoms with van der Waals surface area (Å²) in [5, 5.41) is 14.8. The summed E-state index contributed by atoms with van der Waals surface area (Å²) in [5.74, 6) is 0. The Balaban J connectivity index is 2.45. The van der Waals surface area contributed by atoms with Crippen LogP contribution < -0.4 is 5.32 Å². The number of fused-ring (bicyclic) bond motifs is 1. The smallest absolute Gasteiger partial charge is 0.278 e. The quantitative estimate of drug-likeness (QED) is 0.643. The fourth-order valence-electron chi connectivity index (χ4n) is 2.25. The van der Waals surface area contributed by atoms with Gasteiger partial charge in [0.1, 0.15) is 0 Å². The van der Waals surface area contributed by atoms with Crippen molar-refractivity contribution in [1.29, 1.82) is 0 Å². The lowest BCUT2D eigenvalue weighted by Crippen LogP contribution is -2.32. The van der Waals surface area contributed by atoms with Crippen molar-refractivity contribution in [2.24, 2.45) is 0 Å². The predicted octanol–water partition coefficient (Wildman–Crippen LogP) is 1.92. The van der Waals surface area contributed by atoms with Gasteiger partial charge in [0.05, 0.1) is 22.4 Å². The summed E-state index contributed by atoms with van der Waals surface area (Å²) >= 11 is 0. The maximum atomic E-state index is 11.1. The zero-order valence-electron chi connectivity index (χ0n) is 11.5. The molecule has 2 rings (SSSR count). The van der Waals surface area contributed by atoms with Gasteiger partial charge in [0, 0.05) is 25.4 Å². The number of nitro benzene ring substituents is 1. The molecule has 1 N–H and O–H groups in total. The van der Waals surface area contributed by atoms with Crippen LogP contribution in [-0.2, 0) is 11.2 Å². The van der Waals surface area contributed by atoms with Gasteiger partial charge in [-0.25, -0.2) is 0 Å². The predicted molar refractivity (Wildman–Crippen MR) is 76.8 cm³/mol. The maximum Gasteiger partial charge on any atom is 0.278 e. The van der Waals surface area contributed by atoms with E-state index < -0.39 is 0 Å². The molecule has 6 nitrogen and oxygen atoms in total. The molecule has 0 aliphatic carbocycles. The molecule has 1 heterocycles. The van der Waals surface area contributed by atoms with Crippen LogP contribution in [0.5, 0.6) is 0 Å². The van der Waals surface area contributed by atoms with Gasteiger partial charge in [0.25, 0.3) is 5.69 Å². The summed E-state index contributed by atoms with van der Waals surface area (Å²) in [6.45, 7) is 0.571. The van der Waals surface area contributed by atoms with Crippen LogP contribution in [0.25, 0.3) is 10.9 Å². The number of benzene rings is 1. The van der Waals surface area contributed by atoms with Gasteiger partial charge in [0.15, 0.2) is 0 Å². The number of pyridine rings is 1. The SMILES string of the molecule is CNC(COC)Cc1ccc([N+](=O)[O-])c2cccnc12. The van der Waals surface area contributed by atoms with E-state index in [-0.39, 0.29) is 16.7 Å². The van der Waals surface area contributed by atoms with Crippen molar-refractivity contribution >= 4 is 16.6 Å². The molecule has 1 atom stereocenters. The van der Waals surface area contributed by atoms with Gasteiger partial charge in [-0.1, -0.05) is 0 Å². The average Bonchev–Trinajstić information content (AvgIpc) is 2.46. The number of ether oxygens (including phenoxy) is 1. The van der Waals surface area contributed by atoms with Crippen LogP contribution in [-0.4, -0.2) is 36.7 Å². The number of aromatic nitrogens is 1. The van der Waals surface area contributed by atoms with Crippen molar-refractivity contribution in [3.8, 4) is 0 Å². The fraction of sp³-hybridized carbons (Fsp3) is 0.357. The monoisotopic (exact) mass is 275 g/mol. The number of nitrogens with one attached hydrogen (secondary N) is 1. The van der Waals surface area contributed by atoms with E-state index in [2.05, 4.69) is 10.3 Å². The molecule has 0 spiro atoms. The highest BCUT2D eigenvalue weighted by Gasteiger charge is 2.16. The molecule has 0 radical (unpaired) electrons. The molecule has 1 aromatic heterocycles. The molecular formula is C14H17N3O3. The normalized spacial score (nSPS) is 12.5. The fourth-order valence-corrected chi connectivity index (χ4v) is 2.25. The van der Waals surface area contributed by atoms with Crippen molar-refractivity contribution in [2.75, 3.05) is 20.8 Å². The van der Waals surface area contributed by atoms with Crippen LogP contribution in [0.1, 0.15) is 5.56 Å². The number of likely N-dealkylation sites (N-methyl/N-ethyl adjacent to an activating group) is 1. The van der Waals surface area contributed by atoms with Gasteiger partial charge >= 0.3 is 0 Å². The van der Waals surface area contributed by atoms with Crippen molar-refractivity contribution in [3.63, 3.8) is 0 Å². The summed E-state index contributed by atoms with van der Waals surface area (Å²) < 4.78 is 5.15. The van der Waals surface area contributed by atoms with E-state index in [4.69, 9.17) is 4.74 Å². The first-order valence-corrected chi connectivity index (χ1v) is 6.34. The third kappa shape index (κ3) is 2.92. The Morgan fingerprint density at radius 3 is 2.90 bits per heavy atom. The minimum absolute atomic E-state index is 0.0876.